The molecule has 1 N–H and O–H groups in total. The summed E-state index contributed by atoms with van der Waals surface area (Å²) in [4.78, 5) is 0. The van der Waals surface area contributed by atoms with Crippen LogP contribution in [0.3, 0.4) is 0 Å². The second-order valence-electron chi connectivity index (χ2n) is 5.47. The summed E-state index contributed by atoms with van der Waals surface area (Å²) in [6.45, 7) is 6.33. The first-order chi connectivity index (χ1) is 9.63. The van der Waals surface area contributed by atoms with E-state index in [1.807, 2.05) is 31.2 Å². The van der Waals surface area contributed by atoms with Crippen molar-refractivity contribution in [2.45, 2.75) is 38.4 Å². The minimum absolute atomic E-state index is 0.0537. The van der Waals surface area contributed by atoms with Crippen molar-refractivity contribution in [3.63, 3.8) is 0 Å². The maximum absolute atomic E-state index is 15.1. The predicted octanol–water partition coefficient (Wildman–Crippen LogP) is 3.04. The van der Waals surface area contributed by atoms with Gasteiger partial charge < -0.3 is 14.8 Å². The zero-order valence-electron chi connectivity index (χ0n) is 12.3. The van der Waals surface area contributed by atoms with E-state index in [4.69, 9.17) is 9.47 Å². The molecular weight excluding hydrogens is 257 g/mol. The van der Waals surface area contributed by atoms with Crippen LogP contribution in [-0.4, -0.2) is 32.4 Å². The summed E-state index contributed by atoms with van der Waals surface area (Å²) in [5, 5.41) is 3.30. The van der Waals surface area contributed by atoms with Gasteiger partial charge in [-0.3, -0.25) is 0 Å². The van der Waals surface area contributed by atoms with E-state index in [0.29, 0.717) is 37.6 Å². The van der Waals surface area contributed by atoms with E-state index in [1.54, 1.807) is 6.92 Å². The van der Waals surface area contributed by atoms with E-state index in [-0.39, 0.29) is 6.04 Å². The molecule has 2 rings (SSSR count). The number of alkyl halides is 1. The third-order valence-electron chi connectivity index (χ3n) is 3.54. The van der Waals surface area contributed by atoms with Gasteiger partial charge in [-0.1, -0.05) is 25.1 Å². The number of ether oxygens (including phenoxy) is 2. The molecule has 2 unspecified atom stereocenters. The van der Waals surface area contributed by atoms with E-state index in [2.05, 4.69) is 5.32 Å². The summed E-state index contributed by atoms with van der Waals surface area (Å²) in [5.74, 6) is 0.649. The summed E-state index contributed by atoms with van der Waals surface area (Å²) in [6, 6.07) is 7.45. The molecule has 0 spiro atoms. The summed E-state index contributed by atoms with van der Waals surface area (Å²) >= 11 is 0. The van der Waals surface area contributed by atoms with Crippen molar-refractivity contribution in [2.75, 3.05) is 26.4 Å². The number of nitrogens with one attached hydrogen (secondary N) is 1. The lowest BCUT2D eigenvalue weighted by Gasteiger charge is -2.31. The van der Waals surface area contributed by atoms with E-state index >= 15 is 4.39 Å². The van der Waals surface area contributed by atoms with Crippen LogP contribution < -0.4 is 10.1 Å². The number of hydrogen-bond acceptors (Lipinski definition) is 3. The van der Waals surface area contributed by atoms with Crippen LogP contribution in [0.5, 0.6) is 5.75 Å². The molecule has 0 bridgehead atoms. The number of hydrogen-bond donors (Lipinski definition) is 1. The Morgan fingerprint density at radius 1 is 1.45 bits per heavy atom. The minimum Gasteiger partial charge on any atom is -0.493 e. The molecule has 20 heavy (non-hydrogen) atoms. The molecule has 1 aromatic rings. The molecule has 0 aliphatic carbocycles. The first-order valence-electron chi connectivity index (χ1n) is 7.36. The predicted molar refractivity (Wildman–Crippen MR) is 77.9 cm³/mol. The molecule has 1 fully saturated rings. The number of para-hydroxylation sites is 1. The maximum atomic E-state index is 15.1. The SMILES string of the molecule is CCCOc1ccccc1C(C)(F)CC1COCCN1. The third-order valence-corrected chi connectivity index (χ3v) is 3.54. The molecule has 112 valence electrons. The monoisotopic (exact) mass is 281 g/mol. The van der Waals surface area contributed by atoms with Crippen LogP contribution in [0.2, 0.25) is 0 Å². The van der Waals surface area contributed by atoms with Crippen molar-refractivity contribution >= 4 is 0 Å². The van der Waals surface area contributed by atoms with E-state index in [1.165, 1.54) is 0 Å². The van der Waals surface area contributed by atoms with Crippen LogP contribution >= 0.6 is 0 Å². The highest BCUT2D eigenvalue weighted by atomic mass is 19.1. The topological polar surface area (TPSA) is 30.5 Å². The minimum atomic E-state index is -1.43. The van der Waals surface area contributed by atoms with Crippen LogP contribution in [0.1, 0.15) is 32.3 Å². The van der Waals surface area contributed by atoms with Crippen LogP contribution in [-0.2, 0) is 10.4 Å². The molecule has 1 aliphatic heterocycles. The van der Waals surface area contributed by atoms with Gasteiger partial charge in [-0.15, -0.1) is 0 Å². The van der Waals surface area contributed by atoms with Gasteiger partial charge >= 0.3 is 0 Å². The van der Waals surface area contributed by atoms with Crippen molar-refractivity contribution < 1.29 is 13.9 Å². The molecule has 0 radical (unpaired) electrons. The molecule has 2 atom stereocenters. The van der Waals surface area contributed by atoms with Gasteiger partial charge in [-0.05, 0) is 19.4 Å². The fourth-order valence-corrected chi connectivity index (χ4v) is 2.56. The van der Waals surface area contributed by atoms with Gasteiger partial charge in [0.1, 0.15) is 11.4 Å². The fourth-order valence-electron chi connectivity index (χ4n) is 2.56. The summed E-state index contributed by atoms with van der Waals surface area (Å²) in [6.07, 6.45) is 1.30. The highest BCUT2D eigenvalue weighted by molar-refractivity contribution is 5.37. The van der Waals surface area contributed by atoms with Crippen molar-refractivity contribution in [1.29, 1.82) is 0 Å². The molecule has 4 heteroatoms. The van der Waals surface area contributed by atoms with Crippen molar-refractivity contribution in [2.24, 2.45) is 0 Å². The van der Waals surface area contributed by atoms with Crippen LogP contribution in [0.4, 0.5) is 4.39 Å². The van der Waals surface area contributed by atoms with Gasteiger partial charge in [0, 0.05) is 24.6 Å². The normalized spacial score (nSPS) is 22.2. The van der Waals surface area contributed by atoms with Gasteiger partial charge in [-0.25, -0.2) is 4.39 Å². The van der Waals surface area contributed by atoms with Gasteiger partial charge in [-0.2, -0.15) is 0 Å². The molecule has 1 aromatic carbocycles. The Morgan fingerprint density at radius 3 is 2.95 bits per heavy atom. The molecule has 3 nitrogen and oxygen atoms in total. The third kappa shape index (κ3) is 3.93. The molecule has 0 aromatic heterocycles. The fraction of sp³-hybridized carbons (Fsp3) is 0.625. The Balaban J connectivity index is 2.10. The number of halogens is 1. The number of benzene rings is 1. The lowest BCUT2D eigenvalue weighted by atomic mass is 9.90. The van der Waals surface area contributed by atoms with Gasteiger partial charge in [0.2, 0.25) is 0 Å². The quantitative estimate of drug-likeness (QED) is 0.869. The number of morpholine rings is 1. The lowest BCUT2D eigenvalue weighted by Crippen LogP contribution is -2.44. The van der Waals surface area contributed by atoms with Crippen LogP contribution in [0, 0.1) is 0 Å². The van der Waals surface area contributed by atoms with Crippen molar-refractivity contribution in [3.8, 4) is 5.75 Å². The van der Waals surface area contributed by atoms with Crippen molar-refractivity contribution in [3.05, 3.63) is 29.8 Å². The molecule has 1 aliphatic rings. The van der Waals surface area contributed by atoms with Gasteiger partial charge in [0.15, 0.2) is 0 Å². The second-order valence-corrected chi connectivity index (χ2v) is 5.47. The standard InChI is InChI=1S/C16H24FNO2/c1-3-9-20-15-7-5-4-6-14(15)16(2,17)11-13-12-19-10-8-18-13/h4-7,13,18H,3,8-12H2,1-2H3. The maximum Gasteiger partial charge on any atom is 0.138 e. The Bertz CT molecular complexity index is 417. The van der Waals surface area contributed by atoms with E-state index in [0.717, 1.165) is 13.0 Å². The highest BCUT2D eigenvalue weighted by Gasteiger charge is 2.33. The zero-order valence-corrected chi connectivity index (χ0v) is 12.3. The van der Waals surface area contributed by atoms with Crippen LogP contribution in [0.15, 0.2) is 24.3 Å². The smallest absolute Gasteiger partial charge is 0.138 e. The Kier molecular flexibility index (Phi) is 5.38. The largest absolute Gasteiger partial charge is 0.493 e. The summed E-state index contributed by atoms with van der Waals surface area (Å²) < 4.78 is 26.2. The molecule has 1 heterocycles. The average Bonchev–Trinajstić information content (AvgIpc) is 2.46. The summed E-state index contributed by atoms with van der Waals surface area (Å²) in [7, 11) is 0. The van der Waals surface area contributed by atoms with Gasteiger partial charge in [0.25, 0.3) is 0 Å². The highest BCUT2D eigenvalue weighted by Crippen LogP contribution is 2.37. The van der Waals surface area contributed by atoms with Crippen LogP contribution in [0.25, 0.3) is 0 Å². The summed E-state index contributed by atoms with van der Waals surface area (Å²) in [5.41, 5.74) is -0.802. The molecule has 0 amide bonds. The average molecular weight is 281 g/mol. The Morgan fingerprint density at radius 2 is 2.25 bits per heavy atom. The Labute approximate surface area is 120 Å². The molecule has 1 saturated heterocycles. The lowest BCUT2D eigenvalue weighted by molar-refractivity contribution is 0.0466. The Hall–Kier alpha value is -1.13. The first kappa shape index (κ1) is 15.3. The van der Waals surface area contributed by atoms with Crippen molar-refractivity contribution in [1.82, 2.24) is 5.32 Å². The second kappa shape index (κ2) is 7.04. The molecular formula is C16H24FNO2. The van der Waals surface area contributed by atoms with E-state index in [9.17, 15) is 0 Å². The van der Waals surface area contributed by atoms with E-state index < -0.39 is 5.67 Å². The molecule has 0 saturated carbocycles. The van der Waals surface area contributed by atoms with Gasteiger partial charge in [0.05, 0.1) is 19.8 Å². The number of rotatable bonds is 6. The first-order valence-corrected chi connectivity index (χ1v) is 7.36. The zero-order chi connectivity index (χ0) is 14.4.